The summed E-state index contributed by atoms with van der Waals surface area (Å²) in [6.07, 6.45) is 5.70. The van der Waals surface area contributed by atoms with Gasteiger partial charge in [-0.3, -0.25) is 4.79 Å². The zero-order valence-electron chi connectivity index (χ0n) is 11.7. The predicted octanol–water partition coefficient (Wildman–Crippen LogP) is 2.10. The molecule has 0 unspecified atom stereocenters. The minimum Gasteiger partial charge on any atom is -0.397 e. The number of nitrogens with one attached hydrogen (secondary N) is 1. The number of hydrogen-bond acceptors (Lipinski definition) is 5. The second-order valence-corrected chi connectivity index (χ2v) is 5.74. The van der Waals surface area contributed by atoms with Crippen LogP contribution in [-0.2, 0) is 0 Å². The van der Waals surface area contributed by atoms with E-state index in [0.29, 0.717) is 17.1 Å². The molecule has 106 valence electrons. The molecule has 0 aromatic carbocycles. The van der Waals surface area contributed by atoms with Crippen LogP contribution >= 0.6 is 11.8 Å². The molecule has 0 aliphatic carbocycles. The number of amides is 1. The second kappa shape index (κ2) is 6.65. The molecule has 6 heteroatoms. The van der Waals surface area contributed by atoms with Gasteiger partial charge in [0, 0.05) is 11.3 Å². The molecular weight excluding hydrogens is 260 g/mol. The Hall–Kier alpha value is -1.43. The third-order valence-corrected chi connectivity index (χ3v) is 5.10. The topological polar surface area (TPSA) is 94.0 Å². The number of thioether (sulfide) groups is 1. The molecule has 0 saturated heterocycles. The Morgan fingerprint density at radius 2 is 2.11 bits per heavy atom. The monoisotopic (exact) mass is 282 g/mol. The average molecular weight is 282 g/mol. The first kappa shape index (κ1) is 15.6. The van der Waals surface area contributed by atoms with Gasteiger partial charge in [0.15, 0.2) is 0 Å². The van der Waals surface area contributed by atoms with E-state index in [1.807, 2.05) is 11.8 Å². The number of carbonyl (C=O) groups excluding carboxylic acids is 1. The van der Waals surface area contributed by atoms with Crippen molar-refractivity contribution in [3.8, 4) is 0 Å². The number of hydrogen-bond donors (Lipinski definition) is 3. The lowest BCUT2D eigenvalue weighted by molar-refractivity contribution is 0.100. The van der Waals surface area contributed by atoms with E-state index in [1.165, 1.54) is 6.20 Å². The fourth-order valence-corrected chi connectivity index (χ4v) is 2.68. The molecule has 0 fully saturated rings. The summed E-state index contributed by atoms with van der Waals surface area (Å²) in [5.74, 6) is 0.0911. The van der Waals surface area contributed by atoms with Crippen molar-refractivity contribution >= 4 is 29.2 Å². The number of carbonyl (C=O) groups is 1. The summed E-state index contributed by atoms with van der Waals surface area (Å²) in [6, 6.07) is 1.61. The highest BCUT2D eigenvalue weighted by atomic mass is 32.2. The standard InChI is InChI=1S/C13H22N4OS/c1-4-13(5-2,19-3)8-17-11-6-9(12(15)18)10(14)7-16-11/h6-7H,4-5,8,14H2,1-3H3,(H2,15,18)(H,16,17). The minimum atomic E-state index is -0.537. The van der Waals surface area contributed by atoms with E-state index in [1.54, 1.807) is 6.07 Å². The third-order valence-electron chi connectivity index (χ3n) is 3.51. The number of pyridine rings is 1. The largest absolute Gasteiger partial charge is 0.397 e. The first-order valence-corrected chi connectivity index (χ1v) is 7.54. The van der Waals surface area contributed by atoms with Gasteiger partial charge < -0.3 is 16.8 Å². The maximum Gasteiger partial charge on any atom is 0.250 e. The van der Waals surface area contributed by atoms with Crippen LogP contribution in [0.15, 0.2) is 12.3 Å². The zero-order chi connectivity index (χ0) is 14.5. The van der Waals surface area contributed by atoms with Crippen LogP contribution in [0.5, 0.6) is 0 Å². The van der Waals surface area contributed by atoms with Crippen molar-refractivity contribution in [2.45, 2.75) is 31.4 Å². The molecule has 0 aliphatic heterocycles. The third kappa shape index (κ3) is 3.76. The van der Waals surface area contributed by atoms with Crippen LogP contribution in [0.3, 0.4) is 0 Å². The first-order chi connectivity index (χ1) is 8.98. The number of aromatic nitrogens is 1. The Balaban J connectivity index is 2.83. The van der Waals surface area contributed by atoms with Crippen LogP contribution in [0.4, 0.5) is 11.5 Å². The summed E-state index contributed by atoms with van der Waals surface area (Å²) in [7, 11) is 0. The molecule has 1 heterocycles. The Bertz CT molecular complexity index is 438. The molecular formula is C13H22N4OS. The SMILES string of the molecule is CCC(CC)(CNc1cc(C(N)=O)c(N)cn1)SC. The van der Waals surface area contributed by atoms with Crippen molar-refractivity contribution in [3.05, 3.63) is 17.8 Å². The number of nitrogen functional groups attached to an aromatic ring is 1. The number of nitrogens with two attached hydrogens (primary N) is 2. The number of anilines is 2. The molecule has 0 radical (unpaired) electrons. The smallest absolute Gasteiger partial charge is 0.250 e. The lowest BCUT2D eigenvalue weighted by Gasteiger charge is -2.30. The minimum absolute atomic E-state index is 0.177. The summed E-state index contributed by atoms with van der Waals surface area (Å²) in [4.78, 5) is 15.4. The van der Waals surface area contributed by atoms with Crippen LogP contribution < -0.4 is 16.8 Å². The van der Waals surface area contributed by atoms with Gasteiger partial charge in [-0.05, 0) is 25.2 Å². The van der Waals surface area contributed by atoms with Gasteiger partial charge in [0.25, 0.3) is 5.91 Å². The average Bonchev–Trinajstić information content (AvgIpc) is 2.42. The Labute approximate surface area is 118 Å². The van der Waals surface area contributed by atoms with E-state index in [2.05, 4.69) is 30.4 Å². The second-order valence-electron chi connectivity index (χ2n) is 4.47. The van der Waals surface area contributed by atoms with Gasteiger partial charge in [0.05, 0.1) is 17.4 Å². The molecule has 5 N–H and O–H groups in total. The van der Waals surface area contributed by atoms with Crippen LogP contribution in [-0.4, -0.2) is 28.4 Å². The summed E-state index contributed by atoms with van der Waals surface area (Å²) >= 11 is 1.84. The molecule has 1 aromatic heterocycles. The molecule has 0 atom stereocenters. The van der Waals surface area contributed by atoms with Crippen LogP contribution in [0.25, 0.3) is 0 Å². The summed E-state index contributed by atoms with van der Waals surface area (Å²) in [6.45, 7) is 5.14. The predicted molar refractivity (Wildman–Crippen MR) is 82.5 cm³/mol. The van der Waals surface area contributed by atoms with Gasteiger partial charge in [0.2, 0.25) is 0 Å². The van der Waals surface area contributed by atoms with Gasteiger partial charge >= 0.3 is 0 Å². The van der Waals surface area contributed by atoms with Gasteiger partial charge in [-0.2, -0.15) is 11.8 Å². The van der Waals surface area contributed by atoms with Gasteiger partial charge in [0.1, 0.15) is 5.82 Å². The van der Waals surface area contributed by atoms with E-state index in [0.717, 1.165) is 19.4 Å². The normalized spacial score (nSPS) is 11.3. The van der Waals surface area contributed by atoms with Crippen molar-refractivity contribution in [1.82, 2.24) is 4.98 Å². The Morgan fingerprint density at radius 1 is 1.47 bits per heavy atom. The molecule has 19 heavy (non-hydrogen) atoms. The molecule has 5 nitrogen and oxygen atoms in total. The highest BCUT2D eigenvalue weighted by molar-refractivity contribution is 8.00. The van der Waals surface area contributed by atoms with Crippen molar-refractivity contribution in [1.29, 1.82) is 0 Å². The van der Waals surface area contributed by atoms with E-state index >= 15 is 0 Å². The fourth-order valence-electron chi connectivity index (χ4n) is 1.89. The van der Waals surface area contributed by atoms with Crippen molar-refractivity contribution in [2.24, 2.45) is 5.73 Å². The maximum atomic E-state index is 11.2. The van der Waals surface area contributed by atoms with E-state index < -0.39 is 5.91 Å². The lowest BCUT2D eigenvalue weighted by atomic mass is 10.0. The van der Waals surface area contributed by atoms with Crippen molar-refractivity contribution in [2.75, 3.05) is 23.9 Å². The quantitative estimate of drug-likeness (QED) is 0.712. The summed E-state index contributed by atoms with van der Waals surface area (Å²) in [5, 5.41) is 3.27. The van der Waals surface area contributed by atoms with Crippen LogP contribution in [0, 0.1) is 0 Å². The molecule has 0 bridgehead atoms. The van der Waals surface area contributed by atoms with Gasteiger partial charge in [-0.1, -0.05) is 13.8 Å². The number of nitrogens with zero attached hydrogens (tertiary/aromatic N) is 1. The number of primary amides is 1. The highest BCUT2D eigenvalue weighted by Gasteiger charge is 2.24. The van der Waals surface area contributed by atoms with Gasteiger partial charge in [-0.25, -0.2) is 4.98 Å². The molecule has 0 aliphatic rings. The summed E-state index contributed by atoms with van der Waals surface area (Å²) in [5.41, 5.74) is 11.5. The van der Waals surface area contributed by atoms with E-state index in [9.17, 15) is 4.79 Å². The maximum absolute atomic E-state index is 11.2. The van der Waals surface area contributed by atoms with E-state index in [-0.39, 0.29) is 4.75 Å². The highest BCUT2D eigenvalue weighted by Crippen LogP contribution is 2.30. The molecule has 1 aromatic rings. The summed E-state index contributed by atoms with van der Waals surface area (Å²) < 4.78 is 0.177. The molecule has 0 spiro atoms. The van der Waals surface area contributed by atoms with Crippen LogP contribution in [0.1, 0.15) is 37.0 Å². The first-order valence-electron chi connectivity index (χ1n) is 6.32. The van der Waals surface area contributed by atoms with Crippen LogP contribution in [0.2, 0.25) is 0 Å². The van der Waals surface area contributed by atoms with Crippen molar-refractivity contribution in [3.63, 3.8) is 0 Å². The zero-order valence-corrected chi connectivity index (χ0v) is 12.5. The molecule has 0 saturated carbocycles. The molecule has 1 rings (SSSR count). The Morgan fingerprint density at radius 3 is 2.58 bits per heavy atom. The van der Waals surface area contributed by atoms with Gasteiger partial charge in [-0.15, -0.1) is 0 Å². The number of rotatable bonds is 7. The van der Waals surface area contributed by atoms with Crippen molar-refractivity contribution < 1.29 is 4.79 Å². The fraction of sp³-hybridized carbons (Fsp3) is 0.538. The molecule has 1 amide bonds. The lowest BCUT2D eigenvalue weighted by Crippen LogP contribution is -2.32. The Kier molecular flexibility index (Phi) is 5.47. The van der Waals surface area contributed by atoms with E-state index in [4.69, 9.17) is 11.5 Å².